The van der Waals surface area contributed by atoms with Crippen molar-refractivity contribution in [3.8, 4) is 17.6 Å². The molecule has 26 heavy (non-hydrogen) atoms. The standard InChI is InChI=1S/C22H20N2O2/c1-17-7-4-8-18(15-17)16-21(25)23-12-2-3-14-26-20-11-5-9-19-10-6-13-24-22(19)20/h4-11,13,15H,12,14,16H2,1H3,(H,23,25). The Labute approximate surface area is 153 Å². The van der Waals surface area contributed by atoms with Gasteiger partial charge in [0.25, 0.3) is 0 Å². The molecular weight excluding hydrogens is 324 g/mol. The normalized spacial score (nSPS) is 10.0. The summed E-state index contributed by atoms with van der Waals surface area (Å²) in [7, 11) is 0. The monoisotopic (exact) mass is 344 g/mol. The number of rotatable bonds is 5. The number of fused-ring (bicyclic) bond motifs is 1. The summed E-state index contributed by atoms with van der Waals surface area (Å²) in [6.07, 6.45) is 2.10. The maximum absolute atomic E-state index is 11.9. The summed E-state index contributed by atoms with van der Waals surface area (Å²) in [5.41, 5.74) is 2.97. The number of nitrogens with zero attached hydrogens (tertiary/aromatic N) is 1. The molecule has 1 aromatic heterocycles. The van der Waals surface area contributed by atoms with E-state index in [0.29, 0.717) is 18.7 Å². The molecule has 0 saturated carbocycles. The van der Waals surface area contributed by atoms with Gasteiger partial charge in [-0.15, -0.1) is 0 Å². The highest BCUT2D eigenvalue weighted by Gasteiger charge is 2.02. The highest BCUT2D eigenvalue weighted by atomic mass is 16.5. The molecule has 0 spiro atoms. The molecule has 1 heterocycles. The zero-order valence-electron chi connectivity index (χ0n) is 14.7. The Hall–Kier alpha value is -3.32. The topological polar surface area (TPSA) is 51.2 Å². The van der Waals surface area contributed by atoms with E-state index in [4.69, 9.17) is 4.74 Å². The highest BCUT2D eigenvalue weighted by molar-refractivity contribution is 5.84. The van der Waals surface area contributed by atoms with E-state index < -0.39 is 0 Å². The van der Waals surface area contributed by atoms with Crippen LogP contribution in [0.4, 0.5) is 0 Å². The maximum Gasteiger partial charge on any atom is 0.225 e. The van der Waals surface area contributed by atoms with Crippen LogP contribution in [0, 0.1) is 18.8 Å². The molecule has 0 aliphatic rings. The second kappa shape index (κ2) is 8.68. The van der Waals surface area contributed by atoms with Gasteiger partial charge in [0.05, 0.1) is 13.0 Å². The average molecular weight is 344 g/mol. The first-order valence-corrected chi connectivity index (χ1v) is 8.47. The van der Waals surface area contributed by atoms with Crippen LogP contribution in [-0.4, -0.2) is 24.0 Å². The van der Waals surface area contributed by atoms with Crippen LogP contribution in [0.5, 0.6) is 5.75 Å². The number of benzene rings is 2. The van der Waals surface area contributed by atoms with E-state index in [1.165, 1.54) is 0 Å². The minimum atomic E-state index is -0.0379. The molecule has 0 fully saturated rings. The summed E-state index contributed by atoms with van der Waals surface area (Å²) in [6, 6.07) is 17.6. The van der Waals surface area contributed by atoms with Gasteiger partial charge in [0, 0.05) is 11.6 Å². The molecule has 0 aliphatic heterocycles. The number of carbonyl (C=O) groups is 1. The lowest BCUT2D eigenvalue weighted by atomic mass is 10.1. The van der Waals surface area contributed by atoms with Crippen LogP contribution in [-0.2, 0) is 11.2 Å². The molecule has 4 heteroatoms. The van der Waals surface area contributed by atoms with Crippen molar-refractivity contribution in [1.82, 2.24) is 10.3 Å². The van der Waals surface area contributed by atoms with E-state index in [1.807, 2.05) is 61.5 Å². The van der Waals surface area contributed by atoms with Crippen LogP contribution >= 0.6 is 0 Å². The zero-order chi connectivity index (χ0) is 18.2. The molecule has 3 rings (SSSR count). The Kier molecular flexibility index (Phi) is 5.84. The smallest absolute Gasteiger partial charge is 0.225 e. The van der Waals surface area contributed by atoms with Gasteiger partial charge < -0.3 is 10.1 Å². The second-order valence-electron chi connectivity index (χ2n) is 5.92. The number of ether oxygens (including phenoxy) is 1. The molecule has 1 amide bonds. The molecule has 1 N–H and O–H groups in total. The van der Waals surface area contributed by atoms with Crippen molar-refractivity contribution in [2.24, 2.45) is 0 Å². The Balaban J connectivity index is 1.45. The van der Waals surface area contributed by atoms with Crippen molar-refractivity contribution in [3.63, 3.8) is 0 Å². The number of nitrogens with one attached hydrogen (secondary N) is 1. The first-order valence-electron chi connectivity index (χ1n) is 8.47. The molecule has 0 saturated heterocycles. The Morgan fingerprint density at radius 3 is 2.85 bits per heavy atom. The van der Waals surface area contributed by atoms with Crippen molar-refractivity contribution in [3.05, 3.63) is 71.9 Å². The second-order valence-corrected chi connectivity index (χ2v) is 5.92. The fourth-order valence-electron chi connectivity index (χ4n) is 2.63. The fourth-order valence-corrected chi connectivity index (χ4v) is 2.63. The third kappa shape index (κ3) is 4.84. The summed E-state index contributed by atoms with van der Waals surface area (Å²) >= 11 is 0. The van der Waals surface area contributed by atoms with E-state index in [0.717, 1.165) is 22.0 Å². The summed E-state index contributed by atoms with van der Waals surface area (Å²) in [4.78, 5) is 16.2. The van der Waals surface area contributed by atoms with Crippen LogP contribution < -0.4 is 10.1 Å². The van der Waals surface area contributed by atoms with Crippen LogP contribution in [0.1, 0.15) is 11.1 Å². The van der Waals surface area contributed by atoms with E-state index in [9.17, 15) is 4.79 Å². The van der Waals surface area contributed by atoms with Gasteiger partial charge in [0.2, 0.25) is 5.91 Å². The molecule has 0 aliphatic carbocycles. The third-order valence-electron chi connectivity index (χ3n) is 3.84. The van der Waals surface area contributed by atoms with Crippen LogP contribution in [0.25, 0.3) is 10.9 Å². The third-order valence-corrected chi connectivity index (χ3v) is 3.84. The molecule has 3 aromatic rings. The number of carbonyl (C=O) groups excluding carboxylic acids is 1. The SMILES string of the molecule is Cc1cccc(CC(=O)NCC#CCOc2cccc3cccnc23)c1. The summed E-state index contributed by atoms with van der Waals surface area (Å²) in [5.74, 6) is 6.49. The van der Waals surface area contributed by atoms with Gasteiger partial charge in [0.15, 0.2) is 0 Å². The lowest BCUT2D eigenvalue weighted by Crippen LogP contribution is -2.25. The van der Waals surface area contributed by atoms with Gasteiger partial charge in [0.1, 0.15) is 17.9 Å². The van der Waals surface area contributed by atoms with Gasteiger partial charge in [-0.25, -0.2) is 0 Å². The fraction of sp³-hybridized carbons (Fsp3) is 0.182. The Bertz CT molecular complexity index is 965. The number of pyridine rings is 1. The molecular formula is C22H20N2O2. The van der Waals surface area contributed by atoms with Gasteiger partial charge in [-0.3, -0.25) is 9.78 Å². The number of amides is 1. The maximum atomic E-state index is 11.9. The van der Waals surface area contributed by atoms with Crippen molar-refractivity contribution in [2.45, 2.75) is 13.3 Å². The quantitative estimate of drug-likeness (QED) is 0.723. The van der Waals surface area contributed by atoms with Gasteiger partial charge >= 0.3 is 0 Å². The predicted octanol–water partition coefficient (Wildman–Crippen LogP) is 3.28. The zero-order valence-corrected chi connectivity index (χ0v) is 14.7. The lowest BCUT2D eigenvalue weighted by molar-refractivity contribution is -0.120. The minimum absolute atomic E-state index is 0.0379. The van der Waals surface area contributed by atoms with Crippen LogP contribution in [0.2, 0.25) is 0 Å². The van der Waals surface area contributed by atoms with Gasteiger partial charge in [-0.05, 0) is 24.6 Å². The molecule has 0 radical (unpaired) electrons. The van der Waals surface area contributed by atoms with Gasteiger partial charge in [-0.1, -0.05) is 59.9 Å². The summed E-state index contributed by atoms with van der Waals surface area (Å²) in [5, 5.41) is 3.83. The minimum Gasteiger partial charge on any atom is -0.479 e. The van der Waals surface area contributed by atoms with Crippen molar-refractivity contribution < 1.29 is 9.53 Å². The average Bonchev–Trinajstić information content (AvgIpc) is 2.64. The van der Waals surface area contributed by atoms with E-state index in [2.05, 4.69) is 22.1 Å². The lowest BCUT2D eigenvalue weighted by Gasteiger charge is -2.05. The van der Waals surface area contributed by atoms with Crippen LogP contribution in [0.3, 0.4) is 0 Å². The predicted molar refractivity (Wildman–Crippen MR) is 103 cm³/mol. The molecule has 2 aromatic carbocycles. The van der Waals surface area contributed by atoms with Crippen molar-refractivity contribution in [1.29, 1.82) is 0 Å². The molecule has 0 atom stereocenters. The van der Waals surface area contributed by atoms with Gasteiger partial charge in [-0.2, -0.15) is 0 Å². The van der Waals surface area contributed by atoms with E-state index in [1.54, 1.807) is 6.20 Å². The Morgan fingerprint density at radius 1 is 1.12 bits per heavy atom. The summed E-state index contributed by atoms with van der Waals surface area (Å²) < 4.78 is 5.69. The van der Waals surface area contributed by atoms with Crippen molar-refractivity contribution >= 4 is 16.8 Å². The molecule has 4 nitrogen and oxygen atoms in total. The van der Waals surface area contributed by atoms with E-state index in [-0.39, 0.29) is 12.5 Å². The van der Waals surface area contributed by atoms with Crippen molar-refractivity contribution in [2.75, 3.05) is 13.2 Å². The number of hydrogen-bond acceptors (Lipinski definition) is 3. The number of para-hydroxylation sites is 1. The Morgan fingerprint density at radius 2 is 1.96 bits per heavy atom. The number of aromatic nitrogens is 1. The highest BCUT2D eigenvalue weighted by Crippen LogP contribution is 2.22. The molecule has 130 valence electrons. The van der Waals surface area contributed by atoms with E-state index >= 15 is 0 Å². The largest absolute Gasteiger partial charge is 0.479 e. The molecule has 0 bridgehead atoms. The first-order chi connectivity index (χ1) is 12.7. The molecule has 0 unspecified atom stereocenters. The number of hydrogen-bond donors (Lipinski definition) is 1. The number of aryl methyl sites for hydroxylation is 1. The summed E-state index contributed by atoms with van der Waals surface area (Å²) in [6.45, 7) is 2.57. The van der Waals surface area contributed by atoms with Crippen LogP contribution in [0.15, 0.2) is 60.8 Å². The first kappa shape index (κ1) is 17.5.